The van der Waals surface area contributed by atoms with Gasteiger partial charge in [0.2, 0.25) is 11.8 Å². The highest BCUT2D eigenvalue weighted by Crippen LogP contribution is 2.38. The van der Waals surface area contributed by atoms with Crippen molar-refractivity contribution in [3.8, 4) is 0 Å². The number of ether oxygens (including phenoxy) is 1. The van der Waals surface area contributed by atoms with E-state index in [2.05, 4.69) is 5.32 Å². The summed E-state index contributed by atoms with van der Waals surface area (Å²) in [4.78, 5) is 42.6. The van der Waals surface area contributed by atoms with Gasteiger partial charge in [-0.1, -0.05) is 67.4 Å². The lowest BCUT2D eigenvalue weighted by Gasteiger charge is -2.33. The fourth-order valence-corrected chi connectivity index (χ4v) is 5.93. The van der Waals surface area contributed by atoms with Crippen LogP contribution in [0.15, 0.2) is 78.9 Å². The van der Waals surface area contributed by atoms with Crippen molar-refractivity contribution >= 4 is 23.5 Å². The Balaban J connectivity index is 1.32. The van der Waals surface area contributed by atoms with Gasteiger partial charge < -0.3 is 20.7 Å². The number of hydrogen-bond donors (Lipinski definition) is 2. The topological polar surface area (TPSA) is 105 Å². The molecule has 1 saturated heterocycles. The zero-order valence-corrected chi connectivity index (χ0v) is 23.6. The monoisotopic (exact) mass is 572 g/mol. The lowest BCUT2D eigenvalue weighted by Crippen LogP contribution is -2.48. The molecule has 9 heteroatoms. The van der Waals surface area contributed by atoms with E-state index in [1.54, 1.807) is 34.1 Å². The summed E-state index contributed by atoms with van der Waals surface area (Å²) in [6, 6.07) is 22.0. The van der Waals surface area contributed by atoms with Crippen molar-refractivity contribution in [2.45, 2.75) is 44.2 Å². The standard InChI is InChI=1S/C33H37FN4O4/c34-26-14-16-27(17-15-26)38(33(41)37-18-20-42-21-19-37)22-23-10-12-24(13-11-23)28-8-4-5-9-29(28)32(40)36-30(31(35)39)25-6-2-1-3-7-25/h1-3,6-7,10-17,28-30H,4-5,8-9,18-22H2,(H2,35,39)(H,36,40). The predicted octanol–water partition coefficient (Wildman–Crippen LogP) is 4.90. The second-order valence-electron chi connectivity index (χ2n) is 10.9. The van der Waals surface area contributed by atoms with Gasteiger partial charge in [0, 0.05) is 24.7 Å². The number of carbonyl (C=O) groups is 3. The van der Waals surface area contributed by atoms with Gasteiger partial charge in [-0.15, -0.1) is 0 Å². The van der Waals surface area contributed by atoms with Gasteiger partial charge in [-0.25, -0.2) is 9.18 Å². The first-order chi connectivity index (χ1) is 20.4. The average Bonchev–Trinajstić information content (AvgIpc) is 3.03. The van der Waals surface area contributed by atoms with E-state index in [9.17, 15) is 18.8 Å². The van der Waals surface area contributed by atoms with Crippen LogP contribution < -0.4 is 16.0 Å². The Bertz CT molecular complexity index is 1360. The number of anilines is 1. The van der Waals surface area contributed by atoms with Crippen LogP contribution in [-0.2, 0) is 20.9 Å². The van der Waals surface area contributed by atoms with E-state index >= 15 is 0 Å². The van der Waals surface area contributed by atoms with Gasteiger partial charge in [0.05, 0.1) is 19.8 Å². The molecule has 220 valence electrons. The van der Waals surface area contributed by atoms with Gasteiger partial charge in [-0.05, 0) is 59.7 Å². The summed E-state index contributed by atoms with van der Waals surface area (Å²) >= 11 is 0. The van der Waals surface area contributed by atoms with Gasteiger partial charge in [0.1, 0.15) is 11.9 Å². The van der Waals surface area contributed by atoms with Crippen LogP contribution >= 0.6 is 0 Å². The summed E-state index contributed by atoms with van der Waals surface area (Å²) in [6.07, 6.45) is 3.54. The van der Waals surface area contributed by atoms with E-state index in [4.69, 9.17) is 10.5 Å². The highest BCUT2D eigenvalue weighted by molar-refractivity contribution is 5.92. The van der Waals surface area contributed by atoms with Crippen molar-refractivity contribution in [2.24, 2.45) is 11.7 Å². The van der Waals surface area contributed by atoms with Crippen molar-refractivity contribution in [1.82, 2.24) is 10.2 Å². The molecule has 0 aromatic heterocycles. The molecule has 0 spiro atoms. The Labute approximate surface area is 245 Å². The number of hydrogen-bond acceptors (Lipinski definition) is 4. The highest BCUT2D eigenvalue weighted by atomic mass is 19.1. The number of halogens is 1. The Morgan fingerprint density at radius 1 is 0.929 bits per heavy atom. The molecule has 1 saturated carbocycles. The minimum atomic E-state index is -0.884. The Kier molecular flexibility index (Phi) is 9.48. The molecule has 3 aromatic rings. The number of nitrogens with two attached hydrogens (primary N) is 1. The first-order valence-corrected chi connectivity index (χ1v) is 14.5. The molecule has 2 aliphatic rings. The van der Waals surface area contributed by atoms with Crippen molar-refractivity contribution in [3.05, 3.63) is 101 Å². The lowest BCUT2D eigenvalue weighted by atomic mass is 9.74. The lowest BCUT2D eigenvalue weighted by molar-refractivity contribution is -0.131. The molecular weight excluding hydrogens is 535 g/mol. The average molecular weight is 573 g/mol. The summed E-state index contributed by atoms with van der Waals surface area (Å²) in [6.45, 7) is 2.29. The first-order valence-electron chi connectivity index (χ1n) is 14.5. The number of nitrogens with zero attached hydrogens (tertiary/aromatic N) is 2. The maximum absolute atomic E-state index is 13.7. The van der Waals surface area contributed by atoms with E-state index < -0.39 is 11.9 Å². The molecule has 2 fully saturated rings. The normalized spacial score (nSPS) is 19.5. The molecule has 5 rings (SSSR count). The van der Waals surface area contributed by atoms with Gasteiger partial charge in [-0.3, -0.25) is 14.5 Å². The van der Waals surface area contributed by atoms with Gasteiger partial charge in [0.15, 0.2) is 0 Å². The third-order valence-electron chi connectivity index (χ3n) is 8.21. The van der Waals surface area contributed by atoms with Crippen LogP contribution in [0.3, 0.4) is 0 Å². The van der Waals surface area contributed by atoms with E-state index in [-0.39, 0.29) is 29.6 Å². The molecule has 3 atom stereocenters. The summed E-state index contributed by atoms with van der Waals surface area (Å²) in [5.41, 5.74) is 8.89. The molecule has 3 aromatic carbocycles. The SMILES string of the molecule is NC(=O)C(NC(=O)C1CCCCC1c1ccc(CN(C(=O)N2CCOCC2)c2ccc(F)cc2)cc1)c1ccccc1. The van der Waals surface area contributed by atoms with Crippen LogP contribution in [0.25, 0.3) is 0 Å². The number of primary amides is 1. The highest BCUT2D eigenvalue weighted by Gasteiger charge is 2.34. The van der Waals surface area contributed by atoms with E-state index in [0.717, 1.165) is 36.8 Å². The largest absolute Gasteiger partial charge is 0.378 e. The number of urea groups is 1. The summed E-state index contributed by atoms with van der Waals surface area (Å²) < 4.78 is 19.1. The van der Waals surface area contributed by atoms with Crippen LogP contribution in [-0.4, -0.2) is 49.0 Å². The van der Waals surface area contributed by atoms with Crippen molar-refractivity contribution in [3.63, 3.8) is 0 Å². The van der Waals surface area contributed by atoms with Crippen LogP contribution in [0.5, 0.6) is 0 Å². The number of rotatable bonds is 8. The fourth-order valence-electron chi connectivity index (χ4n) is 5.93. The zero-order valence-electron chi connectivity index (χ0n) is 23.6. The molecule has 1 heterocycles. The third kappa shape index (κ3) is 6.97. The predicted molar refractivity (Wildman–Crippen MR) is 158 cm³/mol. The molecule has 3 unspecified atom stereocenters. The molecule has 42 heavy (non-hydrogen) atoms. The van der Waals surface area contributed by atoms with Crippen LogP contribution in [0.1, 0.15) is 54.3 Å². The second-order valence-corrected chi connectivity index (χ2v) is 10.9. The van der Waals surface area contributed by atoms with Gasteiger partial charge >= 0.3 is 6.03 Å². The molecule has 0 radical (unpaired) electrons. The van der Waals surface area contributed by atoms with Crippen LogP contribution in [0.2, 0.25) is 0 Å². The number of amides is 4. The molecule has 0 bridgehead atoms. The number of benzene rings is 3. The summed E-state index contributed by atoms with van der Waals surface area (Å²) in [7, 11) is 0. The number of nitrogens with one attached hydrogen (secondary N) is 1. The van der Waals surface area contributed by atoms with E-state index in [1.165, 1.54) is 12.1 Å². The zero-order chi connectivity index (χ0) is 29.5. The molecule has 4 amide bonds. The maximum atomic E-state index is 13.7. The molecule has 8 nitrogen and oxygen atoms in total. The minimum Gasteiger partial charge on any atom is -0.378 e. The van der Waals surface area contributed by atoms with Crippen molar-refractivity contribution in [1.29, 1.82) is 0 Å². The molecular formula is C33H37FN4O4. The van der Waals surface area contributed by atoms with Gasteiger partial charge in [-0.2, -0.15) is 0 Å². The minimum absolute atomic E-state index is 0.000262. The van der Waals surface area contributed by atoms with Crippen molar-refractivity contribution < 1.29 is 23.5 Å². The second kappa shape index (κ2) is 13.6. The third-order valence-corrected chi connectivity index (χ3v) is 8.21. The maximum Gasteiger partial charge on any atom is 0.324 e. The smallest absolute Gasteiger partial charge is 0.324 e. The quantitative estimate of drug-likeness (QED) is 0.401. The summed E-state index contributed by atoms with van der Waals surface area (Å²) in [5, 5.41) is 2.91. The Morgan fingerprint density at radius 3 is 2.26 bits per heavy atom. The summed E-state index contributed by atoms with van der Waals surface area (Å²) in [5.74, 6) is -1.41. The van der Waals surface area contributed by atoms with E-state index in [0.29, 0.717) is 44.1 Å². The van der Waals surface area contributed by atoms with Gasteiger partial charge in [0.25, 0.3) is 0 Å². The molecule has 1 aliphatic heterocycles. The fraction of sp³-hybridized carbons (Fsp3) is 0.364. The Morgan fingerprint density at radius 2 is 1.60 bits per heavy atom. The molecule has 1 aliphatic carbocycles. The van der Waals surface area contributed by atoms with Crippen molar-refractivity contribution in [2.75, 3.05) is 31.2 Å². The van der Waals surface area contributed by atoms with E-state index in [1.807, 2.05) is 42.5 Å². The van der Waals surface area contributed by atoms with Crippen LogP contribution in [0.4, 0.5) is 14.9 Å². The molecule has 3 N–H and O–H groups in total. The Hall–Kier alpha value is -4.24. The van der Waals surface area contributed by atoms with Crippen LogP contribution in [0, 0.1) is 11.7 Å². The first kappa shape index (κ1) is 29.3. The number of morpholine rings is 1. The number of carbonyl (C=O) groups excluding carboxylic acids is 3.